The Kier molecular flexibility index (Phi) is 1.43. The molecule has 0 amide bonds. The highest BCUT2D eigenvalue weighted by Crippen LogP contribution is 2.23. The zero-order valence-corrected chi connectivity index (χ0v) is 6.89. The molecule has 0 atom stereocenters. The summed E-state index contributed by atoms with van der Waals surface area (Å²) in [6.07, 6.45) is 4.90. The second-order valence-electron chi connectivity index (χ2n) is 2.53. The Balaban J connectivity index is 2.66. The van der Waals surface area contributed by atoms with Gasteiger partial charge in [0.15, 0.2) is 0 Å². The van der Waals surface area contributed by atoms with Crippen LogP contribution in [-0.2, 0) is 6.42 Å². The van der Waals surface area contributed by atoms with Crippen LogP contribution in [0.25, 0.3) is 6.08 Å². The van der Waals surface area contributed by atoms with E-state index in [0.29, 0.717) is 5.15 Å². The predicted octanol–water partition coefficient (Wildman–Crippen LogP) is 2.01. The van der Waals surface area contributed by atoms with Crippen molar-refractivity contribution in [3.63, 3.8) is 0 Å². The molecule has 2 nitrogen and oxygen atoms in total. The van der Waals surface area contributed by atoms with Crippen LogP contribution in [0.5, 0.6) is 0 Å². The van der Waals surface area contributed by atoms with Gasteiger partial charge in [-0.3, -0.25) is 0 Å². The summed E-state index contributed by atoms with van der Waals surface area (Å²) in [5.74, 6) is 0.736. The number of halogens is 1. The van der Waals surface area contributed by atoms with Crippen molar-refractivity contribution in [3.05, 3.63) is 28.3 Å². The molecule has 0 unspecified atom stereocenters. The Bertz CT molecular complexity index is 331. The van der Waals surface area contributed by atoms with Gasteiger partial charge in [0.25, 0.3) is 0 Å². The van der Waals surface area contributed by atoms with Gasteiger partial charge in [-0.1, -0.05) is 17.7 Å². The third kappa shape index (κ3) is 1.03. The lowest BCUT2D eigenvalue weighted by Crippen LogP contribution is -1.95. The van der Waals surface area contributed by atoms with Crippen molar-refractivity contribution in [3.8, 4) is 0 Å². The van der Waals surface area contributed by atoms with E-state index in [9.17, 15) is 0 Å². The Morgan fingerprint density at radius 1 is 1.45 bits per heavy atom. The highest BCUT2D eigenvalue weighted by molar-refractivity contribution is 6.30. The molecule has 1 aliphatic carbocycles. The summed E-state index contributed by atoms with van der Waals surface area (Å²) in [4.78, 5) is 8.29. The van der Waals surface area contributed by atoms with E-state index < -0.39 is 0 Å². The minimum atomic E-state index is 0.595. The molecule has 1 aromatic rings. The second-order valence-corrected chi connectivity index (χ2v) is 2.89. The smallest absolute Gasteiger partial charge is 0.136 e. The number of hydrogen-bond donors (Lipinski definition) is 0. The van der Waals surface area contributed by atoms with Crippen LogP contribution >= 0.6 is 11.6 Å². The van der Waals surface area contributed by atoms with Crippen LogP contribution in [0.2, 0.25) is 5.15 Å². The molecule has 0 fully saturated rings. The maximum atomic E-state index is 5.88. The number of aryl methyl sites for hydroxylation is 1. The molecular weight excluding hydrogens is 160 g/mol. The van der Waals surface area contributed by atoms with Crippen LogP contribution in [-0.4, -0.2) is 9.97 Å². The molecule has 1 aliphatic rings. The molecule has 1 heterocycles. The molecule has 0 spiro atoms. The first-order valence-electron chi connectivity index (χ1n) is 3.47. The van der Waals surface area contributed by atoms with Gasteiger partial charge in [-0.2, -0.15) is 0 Å². The first kappa shape index (κ1) is 6.80. The van der Waals surface area contributed by atoms with E-state index in [0.717, 1.165) is 23.5 Å². The Labute approximate surface area is 69.9 Å². The quantitative estimate of drug-likeness (QED) is 0.551. The van der Waals surface area contributed by atoms with E-state index in [1.54, 1.807) is 0 Å². The van der Waals surface area contributed by atoms with Crippen LogP contribution in [0.1, 0.15) is 17.1 Å². The lowest BCUT2D eigenvalue weighted by atomic mass is 10.2. The van der Waals surface area contributed by atoms with Gasteiger partial charge in [-0.05, 0) is 19.4 Å². The van der Waals surface area contributed by atoms with Crippen LogP contribution < -0.4 is 0 Å². The zero-order chi connectivity index (χ0) is 7.84. The summed E-state index contributed by atoms with van der Waals surface area (Å²) in [5, 5.41) is 0.595. The second kappa shape index (κ2) is 2.31. The van der Waals surface area contributed by atoms with Gasteiger partial charge >= 0.3 is 0 Å². The van der Waals surface area contributed by atoms with Crippen molar-refractivity contribution in [2.75, 3.05) is 0 Å². The molecule has 3 heteroatoms. The maximum absolute atomic E-state index is 5.88. The fraction of sp³-hybridized carbons (Fsp3) is 0.250. The SMILES string of the molecule is Cc1nc(Cl)c2c(n1)C=CC2. The number of nitrogens with zero attached hydrogens (tertiary/aromatic N) is 2. The van der Waals surface area contributed by atoms with Crippen molar-refractivity contribution in [1.82, 2.24) is 9.97 Å². The van der Waals surface area contributed by atoms with Crippen LogP contribution in [0, 0.1) is 6.92 Å². The minimum absolute atomic E-state index is 0.595. The van der Waals surface area contributed by atoms with Crippen molar-refractivity contribution < 1.29 is 0 Å². The van der Waals surface area contributed by atoms with Gasteiger partial charge in [0, 0.05) is 5.56 Å². The summed E-state index contributed by atoms with van der Waals surface area (Å²) in [6, 6.07) is 0. The Morgan fingerprint density at radius 2 is 2.27 bits per heavy atom. The third-order valence-corrected chi connectivity index (χ3v) is 2.01. The Morgan fingerprint density at radius 3 is 3.09 bits per heavy atom. The fourth-order valence-corrected chi connectivity index (χ4v) is 1.49. The van der Waals surface area contributed by atoms with Crippen molar-refractivity contribution >= 4 is 17.7 Å². The molecule has 56 valence electrons. The lowest BCUT2D eigenvalue weighted by Gasteiger charge is -2.00. The van der Waals surface area contributed by atoms with Gasteiger partial charge in [0.05, 0.1) is 5.69 Å². The monoisotopic (exact) mass is 166 g/mol. The van der Waals surface area contributed by atoms with Crippen molar-refractivity contribution in [1.29, 1.82) is 0 Å². The normalized spacial score (nSPS) is 13.6. The first-order valence-corrected chi connectivity index (χ1v) is 3.85. The third-order valence-electron chi connectivity index (χ3n) is 1.70. The van der Waals surface area contributed by atoms with E-state index in [1.807, 2.05) is 19.1 Å². The average Bonchev–Trinajstić information content (AvgIpc) is 2.34. The maximum Gasteiger partial charge on any atom is 0.136 e. The lowest BCUT2D eigenvalue weighted by molar-refractivity contribution is 1.01. The van der Waals surface area contributed by atoms with Gasteiger partial charge in [0.1, 0.15) is 11.0 Å². The molecule has 2 rings (SSSR count). The van der Waals surface area contributed by atoms with E-state index in [1.165, 1.54) is 0 Å². The number of fused-ring (bicyclic) bond motifs is 1. The van der Waals surface area contributed by atoms with E-state index in [-0.39, 0.29) is 0 Å². The number of aromatic nitrogens is 2. The van der Waals surface area contributed by atoms with Gasteiger partial charge < -0.3 is 0 Å². The van der Waals surface area contributed by atoms with Gasteiger partial charge in [0.2, 0.25) is 0 Å². The first-order chi connectivity index (χ1) is 5.27. The number of rotatable bonds is 0. The summed E-state index contributed by atoms with van der Waals surface area (Å²) < 4.78 is 0. The average molecular weight is 167 g/mol. The summed E-state index contributed by atoms with van der Waals surface area (Å²) in [7, 11) is 0. The number of allylic oxidation sites excluding steroid dienone is 1. The predicted molar refractivity (Wildman–Crippen MR) is 44.5 cm³/mol. The number of hydrogen-bond acceptors (Lipinski definition) is 2. The molecule has 11 heavy (non-hydrogen) atoms. The minimum Gasteiger partial charge on any atom is -0.233 e. The van der Waals surface area contributed by atoms with E-state index in [2.05, 4.69) is 9.97 Å². The fourth-order valence-electron chi connectivity index (χ4n) is 1.20. The molecular formula is C8H7ClN2. The molecule has 1 aromatic heterocycles. The zero-order valence-electron chi connectivity index (χ0n) is 6.13. The van der Waals surface area contributed by atoms with Crippen LogP contribution in [0.3, 0.4) is 0 Å². The highest BCUT2D eigenvalue weighted by Gasteiger charge is 2.11. The van der Waals surface area contributed by atoms with Gasteiger partial charge in [-0.25, -0.2) is 9.97 Å². The standard InChI is InChI=1S/C8H7ClN2/c1-5-10-7-4-2-3-6(7)8(9)11-5/h2,4H,3H2,1H3. The summed E-state index contributed by atoms with van der Waals surface area (Å²) >= 11 is 5.88. The van der Waals surface area contributed by atoms with E-state index in [4.69, 9.17) is 11.6 Å². The van der Waals surface area contributed by atoms with Crippen molar-refractivity contribution in [2.45, 2.75) is 13.3 Å². The Hall–Kier alpha value is -0.890. The molecule has 0 saturated heterocycles. The molecule has 0 N–H and O–H groups in total. The summed E-state index contributed by atoms with van der Waals surface area (Å²) in [5.41, 5.74) is 2.03. The largest absolute Gasteiger partial charge is 0.233 e. The van der Waals surface area contributed by atoms with Crippen molar-refractivity contribution in [2.24, 2.45) is 0 Å². The molecule has 0 bridgehead atoms. The molecule has 0 aliphatic heterocycles. The van der Waals surface area contributed by atoms with Gasteiger partial charge in [-0.15, -0.1) is 0 Å². The van der Waals surface area contributed by atoms with Crippen LogP contribution in [0.4, 0.5) is 0 Å². The summed E-state index contributed by atoms with van der Waals surface area (Å²) in [6.45, 7) is 1.85. The molecule has 0 aromatic carbocycles. The molecule has 0 saturated carbocycles. The topological polar surface area (TPSA) is 25.8 Å². The van der Waals surface area contributed by atoms with Crippen LogP contribution in [0.15, 0.2) is 6.08 Å². The molecule has 0 radical (unpaired) electrons. The van der Waals surface area contributed by atoms with E-state index >= 15 is 0 Å². The highest BCUT2D eigenvalue weighted by atomic mass is 35.5.